The molecule has 43 heavy (non-hydrogen) atoms. The Balaban J connectivity index is 1.42. The Morgan fingerprint density at radius 2 is 1.56 bits per heavy atom. The summed E-state index contributed by atoms with van der Waals surface area (Å²) in [5.74, 6) is -0.729. The van der Waals surface area contributed by atoms with Gasteiger partial charge in [0.2, 0.25) is 0 Å². The fourth-order valence-corrected chi connectivity index (χ4v) is 5.77. The number of rotatable bonds is 11. The predicted octanol–water partition coefficient (Wildman–Crippen LogP) is 6.33. The van der Waals surface area contributed by atoms with Crippen molar-refractivity contribution < 1.29 is 24.2 Å². The van der Waals surface area contributed by atoms with E-state index in [4.69, 9.17) is 4.74 Å². The molecule has 0 aliphatic heterocycles. The zero-order chi connectivity index (χ0) is 30.2. The maximum atomic E-state index is 14.0. The van der Waals surface area contributed by atoms with Gasteiger partial charge in [-0.3, -0.25) is 14.4 Å². The lowest BCUT2D eigenvalue weighted by molar-refractivity contribution is -0.137. The molecule has 2 N–H and O–H groups in total. The van der Waals surface area contributed by atoms with E-state index < -0.39 is 5.97 Å². The first kappa shape index (κ1) is 29.6. The fourth-order valence-electron chi connectivity index (χ4n) is 5.77. The van der Waals surface area contributed by atoms with Gasteiger partial charge in [-0.05, 0) is 77.8 Å². The van der Waals surface area contributed by atoms with Crippen molar-refractivity contribution in [1.82, 2.24) is 10.2 Å². The average Bonchev–Trinajstić information content (AvgIpc) is 3.04. The molecular weight excluding hydrogens is 540 g/mol. The third-order valence-corrected chi connectivity index (χ3v) is 7.98. The number of fused-ring (bicyclic) bond motifs is 1. The van der Waals surface area contributed by atoms with E-state index in [0.717, 1.165) is 36.1 Å². The quantitative estimate of drug-likeness (QED) is 0.218. The number of hydrogen-bond donors (Lipinski definition) is 2. The van der Waals surface area contributed by atoms with E-state index >= 15 is 0 Å². The number of hydrogen-bond acceptors (Lipinski definition) is 4. The molecule has 0 radical (unpaired) electrons. The third kappa shape index (κ3) is 7.12. The van der Waals surface area contributed by atoms with Gasteiger partial charge in [0, 0.05) is 24.2 Å². The summed E-state index contributed by atoms with van der Waals surface area (Å²) in [6.45, 7) is 0.395. The lowest BCUT2D eigenvalue weighted by Crippen LogP contribution is -2.35. The van der Waals surface area contributed by atoms with Crippen LogP contribution in [0.5, 0.6) is 5.75 Å². The molecule has 220 valence electrons. The summed E-state index contributed by atoms with van der Waals surface area (Å²) in [5.41, 5.74) is 5.58. The maximum Gasteiger partial charge on any atom is 0.305 e. The highest BCUT2D eigenvalue weighted by atomic mass is 16.5. The molecule has 1 atom stereocenters. The smallest absolute Gasteiger partial charge is 0.305 e. The van der Waals surface area contributed by atoms with E-state index in [-0.39, 0.29) is 30.8 Å². The lowest BCUT2D eigenvalue weighted by atomic mass is 9.87. The second-order valence-corrected chi connectivity index (χ2v) is 10.7. The highest BCUT2D eigenvalue weighted by Crippen LogP contribution is 2.32. The predicted molar refractivity (Wildman–Crippen MR) is 166 cm³/mol. The number of benzene rings is 4. The summed E-state index contributed by atoms with van der Waals surface area (Å²) < 4.78 is 5.33. The zero-order valence-electron chi connectivity index (χ0n) is 24.3. The minimum absolute atomic E-state index is 0.0652. The van der Waals surface area contributed by atoms with Crippen LogP contribution in [-0.4, -0.2) is 48.0 Å². The molecule has 4 aromatic rings. The van der Waals surface area contributed by atoms with Gasteiger partial charge in [-0.2, -0.15) is 0 Å². The van der Waals surface area contributed by atoms with Gasteiger partial charge in [0.15, 0.2) is 0 Å². The van der Waals surface area contributed by atoms with E-state index in [0.29, 0.717) is 35.2 Å². The zero-order valence-corrected chi connectivity index (χ0v) is 24.3. The summed E-state index contributed by atoms with van der Waals surface area (Å²) in [7, 11) is 1.60. The second kappa shape index (κ2) is 13.8. The Hall–Kier alpha value is -4.91. The van der Waals surface area contributed by atoms with Crippen molar-refractivity contribution in [1.29, 1.82) is 0 Å². The fraction of sp³-hybridized carbons (Fsp3) is 0.250. The van der Waals surface area contributed by atoms with Crippen LogP contribution in [0.4, 0.5) is 0 Å². The van der Waals surface area contributed by atoms with Crippen molar-refractivity contribution in [2.24, 2.45) is 0 Å². The Morgan fingerprint density at radius 1 is 0.860 bits per heavy atom. The van der Waals surface area contributed by atoms with E-state index in [1.807, 2.05) is 66.7 Å². The van der Waals surface area contributed by atoms with Crippen LogP contribution in [0, 0.1) is 0 Å². The molecule has 0 saturated heterocycles. The van der Waals surface area contributed by atoms with Gasteiger partial charge in [0.1, 0.15) is 5.75 Å². The third-order valence-electron chi connectivity index (χ3n) is 7.98. The number of aliphatic carboxylic acids is 1. The van der Waals surface area contributed by atoms with Crippen LogP contribution in [0.25, 0.3) is 11.1 Å². The van der Waals surface area contributed by atoms with E-state index in [9.17, 15) is 19.5 Å². The molecule has 5 rings (SSSR count). The molecule has 1 unspecified atom stereocenters. The van der Waals surface area contributed by atoms with Gasteiger partial charge < -0.3 is 20.1 Å². The summed E-state index contributed by atoms with van der Waals surface area (Å²) in [4.78, 5) is 40.8. The van der Waals surface area contributed by atoms with E-state index in [1.54, 1.807) is 30.2 Å². The van der Waals surface area contributed by atoms with Crippen LogP contribution in [0.1, 0.15) is 62.7 Å². The highest BCUT2D eigenvalue weighted by Gasteiger charge is 2.25. The first-order valence-corrected chi connectivity index (χ1v) is 14.7. The summed E-state index contributed by atoms with van der Waals surface area (Å²) in [5, 5.41) is 12.6. The SMILES string of the molecule is COc1cccc(CCN(CCC(=O)O)C(=O)c2ccccc2-c2ccccc2C(=O)NC2CCCc3ccccc32)c1. The highest BCUT2D eigenvalue weighted by molar-refractivity contribution is 6.06. The minimum Gasteiger partial charge on any atom is -0.497 e. The molecule has 0 spiro atoms. The molecule has 2 amide bonds. The molecule has 0 fully saturated rings. The summed E-state index contributed by atoms with van der Waals surface area (Å²) >= 11 is 0. The molecule has 7 heteroatoms. The van der Waals surface area contributed by atoms with Gasteiger partial charge in [0.05, 0.1) is 19.6 Å². The van der Waals surface area contributed by atoms with Crippen molar-refractivity contribution in [3.05, 3.63) is 125 Å². The Bertz CT molecular complexity index is 1610. The Kier molecular flexibility index (Phi) is 9.52. The molecular formula is C36H36N2O5. The van der Waals surface area contributed by atoms with E-state index in [1.165, 1.54) is 5.56 Å². The van der Waals surface area contributed by atoms with Crippen LogP contribution < -0.4 is 10.1 Å². The number of carboxylic acids is 1. The number of aryl methyl sites for hydroxylation is 1. The van der Waals surface area contributed by atoms with Crippen LogP contribution in [0.15, 0.2) is 97.1 Å². The van der Waals surface area contributed by atoms with Gasteiger partial charge >= 0.3 is 5.97 Å². The number of ether oxygens (including phenoxy) is 1. The molecule has 4 aromatic carbocycles. The summed E-state index contributed by atoms with van der Waals surface area (Å²) in [6.07, 6.45) is 3.24. The molecule has 0 aromatic heterocycles. The van der Waals surface area contributed by atoms with Gasteiger partial charge in [-0.15, -0.1) is 0 Å². The number of nitrogens with one attached hydrogen (secondary N) is 1. The van der Waals surface area contributed by atoms with Crippen LogP contribution >= 0.6 is 0 Å². The number of methoxy groups -OCH3 is 1. The van der Waals surface area contributed by atoms with Crippen molar-refractivity contribution in [2.75, 3.05) is 20.2 Å². The van der Waals surface area contributed by atoms with Crippen molar-refractivity contribution in [3.63, 3.8) is 0 Å². The average molecular weight is 577 g/mol. The summed E-state index contributed by atoms with van der Waals surface area (Å²) in [6, 6.07) is 30.3. The monoisotopic (exact) mass is 576 g/mol. The number of carbonyl (C=O) groups is 3. The van der Waals surface area contributed by atoms with Gasteiger partial charge in [0.25, 0.3) is 11.8 Å². The topological polar surface area (TPSA) is 95.9 Å². The molecule has 7 nitrogen and oxygen atoms in total. The standard InChI is InChI=1S/C36H36N2O5/c1-43-27-13-8-10-25(24-27)20-22-38(23-21-34(39)40)36(42)32-18-7-5-16-30(32)29-15-4-6-17-31(29)35(41)37-33-19-9-12-26-11-2-3-14-28(26)33/h2-8,10-11,13-18,24,33H,9,12,19-23H2,1H3,(H,37,41)(H,39,40). The van der Waals surface area contributed by atoms with Crippen LogP contribution in [0.2, 0.25) is 0 Å². The number of amides is 2. The van der Waals surface area contributed by atoms with Crippen molar-refractivity contribution in [3.8, 4) is 16.9 Å². The molecule has 0 heterocycles. The molecule has 1 aliphatic rings. The molecule has 0 bridgehead atoms. The molecule has 0 saturated carbocycles. The Labute approximate surface area is 252 Å². The first-order valence-electron chi connectivity index (χ1n) is 14.7. The second-order valence-electron chi connectivity index (χ2n) is 10.7. The van der Waals surface area contributed by atoms with E-state index in [2.05, 4.69) is 17.4 Å². The van der Waals surface area contributed by atoms with Crippen molar-refractivity contribution in [2.45, 2.75) is 38.1 Å². The van der Waals surface area contributed by atoms with Gasteiger partial charge in [-0.1, -0.05) is 72.8 Å². The Morgan fingerprint density at radius 3 is 2.33 bits per heavy atom. The largest absolute Gasteiger partial charge is 0.497 e. The number of carbonyl (C=O) groups excluding carboxylic acids is 2. The number of nitrogens with zero attached hydrogens (tertiary/aromatic N) is 1. The minimum atomic E-state index is -0.973. The van der Waals surface area contributed by atoms with Crippen molar-refractivity contribution >= 4 is 17.8 Å². The van der Waals surface area contributed by atoms with Crippen LogP contribution in [-0.2, 0) is 17.6 Å². The molecule has 1 aliphatic carbocycles. The van der Waals surface area contributed by atoms with Gasteiger partial charge in [-0.25, -0.2) is 0 Å². The normalized spacial score (nSPS) is 13.9. The first-order chi connectivity index (χ1) is 20.9. The number of carboxylic acid groups (broad SMARTS) is 1. The lowest BCUT2D eigenvalue weighted by Gasteiger charge is -2.27. The van der Waals surface area contributed by atoms with Crippen LogP contribution in [0.3, 0.4) is 0 Å². The maximum absolute atomic E-state index is 14.0.